The first-order chi connectivity index (χ1) is 7.62. The minimum atomic E-state index is -0.717. The molecule has 16 heavy (non-hydrogen) atoms. The Bertz CT molecular complexity index is 395. The van der Waals surface area contributed by atoms with Crippen molar-refractivity contribution < 1.29 is 9.90 Å². The van der Waals surface area contributed by atoms with Crippen molar-refractivity contribution in [2.75, 3.05) is 0 Å². The third-order valence-corrected chi connectivity index (χ3v) is 3.48. The zero-order valence-corrected chi connectivity index (χ0v) is 9.57. The van der Waals surface area contributed by atoms with Crippen LogP contribution in [0, 0.1) is 6.92 Å². The predicted molar refractivity (Wildman–Crippen MR) is 61.4 cm³/mol. The standard InChI is InChI=1S/C13H17NO2/c1-10-5-4-6-11(14-10)13(9-12(15)16)7-2-3-8-13/h4-6H,2-3,7-9H2,1H3,(H,15,16). The molecule has 0 spiro atoms. The largest absolute Gasteiger partial charge is 0.481 e. The maximum absolute atomic E-state index is 11.0. The summed E-state index contributed by atoms with van der Waals surface area (Å²) in [5.41, 5.74) is 1.72. The molecule has 0 bridgehead atoms. The quantitative estimate of drug-likeness (QED) is 0.850. The van der Waals surface area contributed by atoms with E-state index in [0.717, 1.165) is 37.1 Å². The number of nitrogens with zero attached hydrogens (tertiary/aromatic N) is 1. The van der Waals surface area contributed by atoms with Gasteiger partial charge in [0.15, 0.2) is 0 Å². The van der Waals surface area contributed by atoms with E-state index in [1.807, 2.05) is 25.1 Å². The fourth-order valence-corrected chi connectivity index (χ4v) is 2.70. The normalized spacial score (nSPS) is 18.6. The zero-order valence-electron chi connectivity index (χ0n) is 9.57. The summed E-state index contributed by atoms with van der Waals surface area (Å²) in [7, 11) is 0. The van der Waals surface area contributed by atoms with Crippen LogP contribution in [0.4, 0.5) is 0 Å². The van der Waals surface area contributed by atoms with Crippen LogP contribution in [0.1, 0.15) is 43.5 Å². The van der Waals surface area contributed by atoms with Gasteiger partial charge in [-0.3, -0.25) is 9.78 Å². The lowest BCUT2D eigenvalue weighted by Crippen LogP contribution is -2.27. The predicted octanol–water partition coefficient (Wildman–Crippen LogP) is 2.68. The topological polar surface area (TPSA) is 50.2 Å². The van der Waals surface area contributed by atoms with Gasteiger partial charge in [0.05, 0.1) is 6.42 Å². The lowest BCUT2D eigenvalue weighted by atomic mass is 9.79. The van der Waals surface area contributed by atoms with E-state index in [-0.39, 0.29) is 11.8 Å². The fraction of sp³-hybridized carbons (Fsp3) is 0.538. The Balaban J connectivity index is 2.35. The number of rotatable bonds is 3. The molecule has 0 saturated heterocycles. The average molecular weight is 219 g/mol. The summed E-state index contributed by atoms with van der Waals surface area (Å²) in [6.07, 6.45) is 4.35. The van der Waals surface area contributed by atoms with E-state index in [1.165, 1.54) is 0 Å². The van der Waals surface area contributed by atoms with E-state index in [0.29, 0.717) is 0 Å². The number of carboxylic acids is 1. The van der Waals surface area contributed by atoms with Crippen LogP contribution in [0.3, 0.4) is 0 Å². The van der Waals surface area contributed by atoms with Crippen LogP contribution in [0.15, 0.2) is 18.2 Å². The highest BCUT2D eigenvalue weighted by Crippen LogP contribution is 2.42. The van der Waals surface area contributed by atoms with Gasteiger partial charge in [-0.25, -0.2) is 0 Å². The highest BCUT2D eigenvalue weighted by molar-refractivity contribution is 5.69. The minimum absolute atomic E-state index is 0.210. The molecule has 1 aliphatic rings. The van der Waals surface area contributed by atoms with Gasteiger partial charge >= 0.3 is 5.97 Å². The van der Waals surface area contributed by atoms with Gasteiger partial charge in [-0.05, 0) is 31.9 Å². The van der Waals surface area contributed by atoms with Gasteiger partial charge in [0.2, 0.25) is 0 Å². The van der Waals surface area contributed by atoms with Crippen molar-refractivity contribution in [2.24, 2.45) is 0 Å². The molecule has 0 atom stereocenters. The molecule has 0 amide bonds. The Labute approximate surface area is 95.5 Å². The molecule has 1 fully saturated rings. The van der Waals surface area contributed by atoms with Crippen LogP contribution in [0.2, 0.25) is 0 Å². The van der Waals surface area contributed by atoms with Crippen LogP contribution < -0.4 is 0 Å². The monoisotopic (exact) mass is 219 g/mol. The second-order valence-electron chi connectivity index (χ2n) is 4.72. The highest BCUT2D eigenvalue weighted by Gasteiger charge is 2.38. The number of pyridine rings is 1. The molecular weight excluding hydrogens is 202 g/mol. The molecule has 1 N–H and O–H groups in total. The Morgan fingerprint density at radius 1 is 1.44 bits per heavy atom. The van der Waals surface area contributed by atoms with E-state index >= 15 is 0 Å². The van der Waals surface area contributed by atoms with Gasteiger partial charge in [-0.2, -0.15) is 0 Å². The molecule has 1 aliphatic carbocycles. The van der Waals surface area contributed by atoms with Gasteiger partial charge in [0, 0.05) is 16.8 Å². The molecule has 3 heteroatoms. The van der Waals surface area contributed by atoms with Crippen molar-refractivity contribution >= 4 is 5.97 Å². The van der Waals surface area contributed by atoms with Gasteiger partial charge in [0.25, 0.3) is 0 Å². The molecule has 3 nitrogen and oxygen atoms in total. The van der Waals surface area contributed by atoms with Gasteiger partial charge in [-0.1, -0.05) is 18.9 Å². The SMILES string of the molecule is Cc1cccc(C2(CC(=O)O)CCCC2)n1. The Morgan fingerprint density at radius 2 is 2.12 bits per heavy atom. The van der Waals surface area contributed by atoms with Crippen molar-refractivity contribution in [3.8, 4) is 0 Å². The Kier molecular flexibility index (Phi) is 2.95. The summed E-state index contributed by atoms with van der Waals surface area (Å²) < 4.78 is 0. The zero-order chi connectivity index (χ0) is 11.6. The molecule has 1 aromatic rings. The number of aromatic nitrogens is 1. The average Bonchev–Trinajstić information content (AvgIpc) is 2.66. The number of carboxylic acid groups (broad SMARTS) is 1. The molecule has 1 saturated carbocycles. The summed E-state index contributed by atoms with van der Waals surface area (Å²) >= 11 is 0. The van der Waals surface area contributed by atoms with E-state index in [4.69, 9.17) is 5.11 Å². The number of hydrogen-bond acceptors (Lipinski definition) is 2. The van der Waals surface area contributed by atoms with E-state index in [1.54, 1.807) is 0 Å². The van der Waals surface area contributed by atoms with Crippen LogP contribution in [-0.2, 0) is 10.2 Å². The number of hydrogen-bond donors (Lipinski definition) is 1. The van der Waals surface area contributed by atoms with Gasteiger partial charge in [-0.15, -0.1) is 0 Å². The summed E-state index contributed by atoms with van der Waals surface area (Å²) in [5, 5.41) is 9.04. The number of carbonyl (C=O) groups is 1. The lowest BCUT2D eigenvalue weighted by Gasteiger charge is -2.26. The van der Waals surface area contributed by atoms with Gasteiger partial charge < -0.3 is 5.11 Å². The third-order valence-electron chi connectivity index (χ3n) is 3.48. The van der Waals surface area contributed by atoms with Gasteiger partial charge in [0.1, 0.15) is 0 Å². The molecular formula is C13H17NO2. The van der Waals surface area contributed by atoms with E-state index in [2.05, 4.69) is 4.98 Å². The first kappa shape index (κ1) is 11.1. The maximum atomic E-state index is 11.0. The number of aryl methyl sites for hydroxylation is 1. The van der Waals surface area contributed by atoms with Crippen molar-refractivity contribution in [1.29, 1.82) is 0 Å². The molecule has 0 aromatic carbocycles. The Morgan fingerprint density at radius 3 is 2.69 bits per heavy atom. The maximum Gasteiger partial charge on any atom is 0.304 e. The Hall–Kier alpha value is -1.38. The summed E-state index contributed by atoms with van der Waals surface area (Å²) in [6, 6.07) is 5.90. The molecule has 2 rings (SSSR count). The smallest absolute Gasteiger partial charge is 0.304 e. The summed E-state index contributed by atoms with van der Waals surface area (Å²) in [5.74, 6) is -0.717. The summed E-state index contributed by atoms with van der Waals surface area (Å²) in [4.78, 5) is 15.5. The molecule has 86 valence electrons. The molecule has 0 unspecified atom stereocenters. The van der Waals surface area contributed by atoms with Crippen LogP contribution in [0.25, 0.3) is 0 Å². The van der Waals surface area contributed by atoms with Crippen LogP contribution in [0.5, 0.6) is 0 Å². The van der Waals surface area contributed by atoms with Crippen LogP contribution >= 0.6 is 0 Å². The molecule has 1 aromatic heterocycles. The number of aliphatic carboxylic acids is 1. The van der Waals surface area contributed by atoms with Crippen molar-refractivity contribution in [1.82, 2.24) is 4.98 Å². The van der Waals surface area contributed by atoms with Crippen molar-refractivity contribution in [2.45, 2.75) is 44.4 Å². The van der Waals surface area contributed by atoms with E-state index in [9.17, 15) is 4.79 Å². The minimum Gasteiger partial charge on any atom is -0.481 e. The fourth-order valence-electron chi connectivity index (χ4n) is 2.70. The van der Waals surface area contributed by atoms with Crippen molar-refractivity contribution in [3.05, 3.63) is 29.6 Å². The van der Waals surface area contributed by atoms with Crippen LogP contribution in [-0.4, -0.2) is 16.1 Å². The molecule has 0 radical (unpaired) electrons. The first-order valence-electron chi connectivity index (χ1n) is 5.78. The van der Waals surface area contributed by atoms with Crippen molar-refractivity contribution in [3.63, 3.8) is 0 Å². The van der Waals surface area contributed by atoms with E-state index < -0.39 is 5.97 Å². The lowest BCUT2D eigenvalue weighted by molar-refractivity contribution is -0.138. The second kappa shape index (κ2) is 4.24. The highest BCUT2D eigenvalue weighted by atomic mass is 16.4. The second-order valence-corrected chi connectivity index (χ2v) is 4.72. The third kappa shape index (κ3) is 2.08. The molecule has 0 aliphatic heterocycles. The molecule has 1 heterocycles. The first-order valence-corrected chi connectivity index (χ1v) is 5.78. The summed E-state index contributed by atoms with van der Waals surface area (Å²) in [6.45, 7) is 1.95.